The molecule has 0 aromatic carbocycles. The number of rotatable bonds is 1. The van der Waals surface area contributed by atoms with E-state index in [4.69, 9.17) is 9.72 Å². The minimum Gasteiger partial charge on any atom is -0.444 e. The lowest BCUT2D eigenvalue weighted by atomic mass is 10.0. The van der Waals surface area contributed by atoms with Crippen molar-refractivity contribution in [3.05, 3.63) is 23.4 Å². The highest BCUT2D eigenvalue weighted by atomic mass is 16.6. The zero-order valence-electron chi connectivity index (χ0n) is 16.0. The van der Waals surface area contributed by atoms with Gasteiger partial charge in [-0.25, -0.2) is 9.78 Å². The molecule has 2 aliphatic heterocycles. The van der Waals surface area contributed by atoms with Gasteiger partial charge < -0.3 is 14.5 Å². The lowest BCUT2D eigenvalue weighted by Crippen LogP contribution is -2.38. The van der Waals surface area contributed by atoms with Crippen molar-refractivity contribution in [2.24, 2.45) is 0 Å². The summed E-state index contributed by atoms with van der Waals surface area (Å²) in [5.41, 5.74) is 1.95. The second kappa shape index (κ2) is 7.22. The number of carbonyl (C=O) groups excluding carboxylic acids is 1. The Balaban J connectivity index is 1.75. The van der Waals surface area contributed by atoms with Crippen LogP contribution in [0.4, 0.5) is 10.6 Å². The van der Waals surface area contributed by atoms with Crippen LogP contribution in [0.25, 0.3) is 0 Å². The van der Waals surface area contributed by atoms with Crippen molar-refractivity contribution in [1.29, 1.82) is 0 Å². The summed E-state index contributed by atoms with van der Waals surface area (Å²) in [5, 5.41) is 0. The van der Waals surface area contributed by atoms with Gasteiger partial charge in [0.25, 0.3) is 0 Å². The Kier molecular flexibility index (Phi) is 5.21. The second-order valence-electron chi connectivity index (χ2n) is 8.34. The number of anilines is 1. The molecule has 5 heteroatoms. The average Bonchev–Trinajstić information content (AvgIpc) is 2.73. The van der Waals surface area contributed by atoms with Crippen LogP contribution in [-0.2, 0) is 11.2 Å². The molecule has 5 nitrogen and oxygen atoms in total. The summed E-state index contributed by atoms with van der Waals surface area (Å²) in [7, 11) is 0. The molecule has 1 fully saturated rings. The van der Waals surface area contributed by atoms with E-state index in [0.29, 0.717) is 13.1 Å². The summed E-state index contributed by atoms with van der Waals surface area (Å²) in [6, 6.07) is 4.36. The molecule has 0 spiro atoms. The minimum atomic E-state index is -0.459. The first-order chi connectivity index (χ1) is 11.8. The van der Waals surface area contributed by atoms with Crippen LogP contribution in [0.15, 0.2) is 12.1 Å². The van der Waals surface area contributed by atoms with Crippen molar-refractivity contribution in [3.8, 4) is 0 Å². The van der Waals surface area contributed by atoms with Crippen molar-refractivity contribution in [3.63, 3.8) is 0 Å². The summed E-state index contributed by atoms with van der Waals surface area (Å²) in [6.45, 7) is 11.5. The van der Waals surface area contributed by atoms with Gasteiger partial charge in [0.1, 0.15) is 11.4 Å². The molecule has 25 heavy (non-hydrogen) atoms. The predicted octanol–water partition coefficient (Wildman–Crippen LogP) is 3.97. The van der Waals surface area contributed by atoms with E-state index in [1.54, 1.807) is 0 Å². The summed E-state index contributed by atoms with van der Waals surface area (Å²) in [6.07, 6.45) is 4.44. The van der Waals surface area contributed by atoms with Gasteiger partial charge in [-0.1, -0.05) is 13.0 Å². The van der Waals surface area contributed by atoms with E-state index in [1.807, 2.05) is 25.7 Å². The van der Waals surface area contributed by atoms with Crippen LogP contribution in [0.5, 0.6) is 0 Å². The zero-order valence-corrected chi connectivity index (χ0v) is 16.0. The summed E-state index contributed by atoms with van der Waals surface area (Å²) in [5.74, 6) is 1.31. The Morgan fingerprint density at radius 3 is 2.56 bits per heavy atom. The first-order valence-electron chi connectivity index (χ1n) is 9.56. The summed E-state index contributed by atoms with van der Waals surface area (Å²) in [4.78, 5) is 21.7. The monoisotopic (exact) mass is 345 g/mol. The van der Waals surface area contributed by atoms with E-state index in [-0.39, 0.29) is 12.0 Å². The fourth-order valence-corrected chi connectivity index (χ4v) is 3.69. The molecule has 1 saturated heterocycles. The third kappa shape index (κ3) is 4.44. The molecule has 0 saturated carbocycles. The van der Waals surface area contributed by atoms with Gasteiger partial charge in [-0.05, 0) is 58.1 Å². The van der Waals surface area contributed by atoms with E-state index in [2.05, 4.69) is 24.0 Å². The first kappa shape index (κ1) is 18.0. The number of piperidine rings is 1. The van der Waals surface area contributed by atoms with Crippen molar-refractivity contribution in [2.45, 2.75) is 64.9 Å². The van der Waals surface area contributed by atoms with Crippen LogP contribution in [0, 0.1) is 0 Å². The third-order valence-corrected chi connectivity index (χ3v) is 4.94. The highest BCUT2D eigenvalue weighted by Gasteiger charge is 2.28. The molecule has 138 valence electrons. The van der Waals surface area contributed by atoms with Crippen LogP contribution in [0.3, 0.4) is 0 Å². The molecule has 0 aliphatic carbocycles. The number of aromatic nitrogens is 1. The van der Waals surface area contributed by atoms with Crippen LogP contribution < -0.4 is 4.90 Å². The Morgan fingerprint density at radius 2 is 1.88 bits per heavy atom. The van der Waals surface area contributed by atoms with Crippen LogP contribution in [0.2, 0.25) is 0 Å². The molecule has 1 unspecified atom stereocenters. The van der Waals surface area contributed by atoms with Crippen LogP contribution in [0.1, 0.15) is 64.1 Å². The predicted molar refractivity (Wildman–Crippen MR) is 100 cm³/mol. The lowest BCUT2D eigenvalue weighted by molar-refractivity contribution is 0.0248. The molecule has 0 N–H and O–H groups in total. The van der Waals surface area contributed by atoms with E-state index < -0.39 is 5.60 Å². The molecule has 1 atom stereocenters. The fourth-order valence-electron chi connectivity index (χ4n) is 3.69. The molecule has 0 radical (unpaired) electrons. The second-order valence-corrected chi connectivity index (χ2v) is 8.34. The molecule has 1 aromatic heterocycles. The number of ether oxygens (including phenoxy) is 1. The number of nitrogens with zero attached hydrogens (tertiary/aromatic N) is 3. The number of carbonyl (C=O) groups is 1. The first-order valence-corrected chi connectivity index (χ1v) is 9.56. The molecule has 0 bridgehead atoms. The molecular formula is C20H31N3O2. The number of amides is 1. The largest absolute Gasteiger partial charge is 0.444 e. The Morgan fingerprint density at radius 1 is 1.16 bits per heavy atom. The lowest BCUT2D eigenvalue weighted by Gasteiger charge is -2.29. The van der Waals surface area contributed by atoms with Crippen LogP contribution >= 0.6 is 0 Å². The third-order valence-electron chi connectivity index (χ3n) is 4.94. The van der Waals surface area contributed by atoms with Gasteiger partial charge in [0.2, 0.25) is 0 Å². The van der Waals surface area contributed by atoms with Gasteiger partial charge in [-0.15, -0.1) is 0 Å². The molecular weight excluding hydrogens is 314 g/mol. The van der Waals surface area contributed by atoms with Crippen molar-refractivity contribution < 1.29 is 9.53 Å². The van der Waals surface area contributed by atoms with E-state index in [9.17, 15) is 4.79 Å². The van der Waals surface area contributed by atoms with E-state index in [0.717, 1.165) is 31.0 Å². The van der Waals surface area contributed by atoms with Crippen molar-refractivity contribution in [2.75, 3.05) is 31.1 Å². The molecule has 1 aromatic rings. The minimum absolute atomic E-state index is 0.217. The summed E-state index contributed by atoms with van der Waals surface area (Å²) < 4.78 is 5.56. The number of hydrogen-bond donors (Lipinski definition) is 0. The average molecular weight is 345 g/mol. The smallest absolute Gasteiger partial charge is 0.410 e. The van der Waals surface area contributed by atoms with Gasteiger partial charge in [0, 0.05) is 32.1 Å². The maximum absolute atomic E-state index is 12.5. The Labute approximate surface area is 151 Å². The highest BCUT2D eigenvalue weighted by molar-refractivity contribution is 5.68. The quantitative estimate of drug-likeness (QED) is 0.773. The number of fused-ring (bicyclic) bond motifs is 1. The molecule has 3 heterocycles. The van der Waals surface area contributed by atoms with Gasteiger partial charge in [-0.2, -0.15) is 0 Å². The molecule has 2 aliphatic rings. The van der Waals surface area contributed by atoms with Gasteiger partial charge in [0.15, 0.2) is 0 Å². The molecule has 3 rings (SSSR count). The molecule has 1 amide bonds. The van der Waals surface area contributed by atoms with E-state index >= 15 is 0 Å². The standard InChI is InChI=1S/C20H31N3O2/c1-15-14-23(19(24)25-20(2,3)4)13-10-16-8-9-17(21-18(15)16)22-11-6-5-7-12-22/h8-9,15H,5-7,10-14H2,1-4H3. The van der Waals surface area contributed by atoms with Crippen molar-refractivity contribution in [1.82, 2.24) is 9.88 Å². The Hall–Kier alpha value is -1.78. The van der Waals surface area contributed by atoms with Crippen LogP contribution in [-0.4, -0.2) is 47.8 Å². The zero-order chi connectivity index (χ0) is 18.0. The summed E-state index contributed by atoms with van der Waals surface area (Å²) >= 11 is 0. The Bertz CT molecular complexity index is 618. The van der Waals surface area contributed by atoms with E-state index in [1.165, 1.54) is 24.8 Å². The number of hydrogen-bond acceptors (Lipinski definition) is 4. The van der Waals surface area contributed by atoms with Crippen molar-refractivity contribution >= 4 is 11.9 Å². The van der Waals surface area contributed by atoms with Gasteiger partial charge in [-0.3, -0.25) is 0 Å². The van der Waals surface area contributed by atoms with Gasteiger partial charge in [0.05, 0.1) is 5.69 Å². The highest BCUT2D eigenvalue weighted by Crippen LogP contribution is 2.28. The SMILES string of the molecule is CC1CN(C(=O)OC(C)(C)C)CCc2ccc(N3CCCCC3)nc21. The topological polar surface area (TPSA) is 45.7 Å². The number of pyridine rings is 1. The maximum atomic E-state index is 12.5. The maximum Gasteiger partial charge on any atom is 0.410 e. The van der Waals surface area contributed by atoms with Gasteiger partial charge >= 0.3 is 6.09 Å². The normalized spacial score (nSPS) is 21.5. The fraction of sp³-hybridized carbons (Fsp3) is 0.700.